The van der Waals surface area contributed by atoms with Crippen LogP contribution in [0.25, 0.3) is 0 Å². The summed E-state index contributed by atoms with van der Waals surface area (Å²) in [5, 5.41) is 11.0. The van der Waals surface area contributed by atoms with E-state index in [1.165, 1.54) is 0 Å². The zero-order valence-corrected chi connectivity index (χ0v) is 16.5. The Bertz CT molecular complexity index is 745. The Morgan fingerprint density at radius 2 is 2.00 bits per heavy atom. The SMILES string of the molecule is CCOc1cc(CN2CC(O)C(Cc3cnccn3)C2)cc(Cl)c1OCC. The number of ether oxygens (including phenoxy) is 2. The van der Waals surface area contributed by atoms with E-state index in [0.717, 1.165) is 24.2 Å². The molecule has 2 unspecified atom stereocenters. The van der Waals surface area contributed by atoms with Crippen molar-refractivity contribution in [1.29, 1.82) is 0 Å². The highest BCUT2D eigenvalue weighted by atomic mass is 35.5. The molecule has 3 rings (SSSR count). The Morgan fingerprint density at radius 1 is 1.19 bits per heavy atom. The van der Waals surface area contributed by atoms with Gasteiger partial charge in [-0.25, -0.2) is 0 Å². The maximum atomic E-state index is 10.4. The summed E-state index contributed by atoms with van der Waals surface area (Å²) < 4.78 is 11.3. The molecule has 1 saturated heterocycles. The van der Waals surface area contributed by atoms with Crippen LogP contribution in [0.4, 0.5) is 0 Å². The lowest BCUT2D eigenvalue weighted by molar-refractivity contribution is 0.140. The molecule has 0 spiro atoms. The zero-order valence-electron chi connectivity index (χ0n) is 15.8. The zero-order chi connectivity index (χ0) is 19.2. The van der Waals surface area contributed by atoms with Gasteiger partial charge in [-0.1, -0.05) is 11.6 Å². The summed E-state index contributed by atoms with van der Waals surface area (Å²) in [5.41, 5.74) is 1.95. The van der Waals surface area contributed by atoms with Gasteiger partial charge in [0.05, 0.1) is 30.0 Å². The third-order valence-corrected chi connectivity index (χ3v) is 4.91. The largest absolute Gasteiger partial charge is 0.490 e. The van der Waals surface area contributed by atoms with Crippen molar-refractivity contribution in [3.8, 4) is 11.5 Å². The summed E-state index contributed by atoms with van der Waals surface area (Å²) >= 11 is 6.41. The summed E-state index contributed by atoms with van der Waals surface area (Å²) in [5.74, 6) is 1.40. The number of nitrogens with zero attached hydrogens (tertiary/aromatic N) is 3. The van der Waals surface area contributed by atoms with Gasteiger partial charge in [-0.2, -0.15) is 0 Å². The fourth-order valence-electron chi connectivity index (χ4n) is 3.49. The van der Waals surface area contributed by atoms with E-state index in [1.807, 2.05) is 26.0 Å². The van der Waals surface area contributed by atoms with Crippen LogP contribution >= 0.6 is 11.6 Å². The third-order valence-electron chi connectivity index (χ3n) is 4.63. The Balaban J connectivity index is 1.68. The second kappa shape index (κ2) is 9.35. The van der Waals surface area contributed by atoms with E-state index < -0.39 is 0 Å². The van der Waals surface area contributed by atoms with Crippen LogP contribution in [-0.4, -0.2) is 52.4 Å². The Labute approximate surface area is 165 Å². The highest BCUT2D eigenvalue weighted by Crippen LogP contribution is 2.37. The lowest BCUT2D eigenvalue weighted by Crippen LogP contribution is -2.21. The van der Waals surface area contributed by atoms with E-state index in [9.17, 15) is 5.11 Å². The van der Waals surface area contributed by atoms with Crippen LogP contribution in [0.5, 0.6) is 11.5 Å². The summed E-state index contributed by atoms with van der Waals surface area (Å²) in [6, 6.07) is 3.89. The number of halogens is 1. The number of aromatic nitrogens is 2. The standard InChI is InChI=1S/C20H26ClN3O3/c1-3-26-19-8-14(7-17(21)20(19)27-4-2)11-24-12-15(18(25)13-24)9-16-10-22-5-6-23-16/h5-8,10,15,18,25H,3-4,9,11-13H2,1-2H3. The predicted octanol–water partition coefficient (Wildman–Crippen LogP) is 2.96. The van der Waals surface area contributed by atoms with E-state index in [-0.39, 0.29) is 12.0 Å². The number of β-amino-alcohol motifs (C(OH)–C–C–N with tert-alkyl or cyclic N) is 1. The average Bonchev–Trinajstić information content (AvgIpc) is 2.98. The summed E-state index contributed by atoms with van der Waals surface area (Å²) in [4.78, 5) is 10.6. The second-order valence-corrected chi connectivity index (χ2v) is 7.10. The van der Waals surface area contributed by atoms with Crippen LogP contribution in [-0.2, 0) is 13.0 Å². The molecule has 6 nitrogen and oxygen atoms in total. The van der Waals surface area contributed by atoms with Crippen LogP contribution in [0.3, 0.4) is 0 Å². The van der Waals surface area contributed by atoms with E-state index >= 15 is 0 Å². The van der Waals surface area contributed by atoms with Gasteiger partial charge in [0.15, 0.2) is 11.5 Å². The molecule has 2 aromatic rings. The number of aliphatic hydroxyl groups is 1. The third kappa shape index (κ3) is 5.09. The number of aliphatic hydroxyl groups excluding tert-OH is 1. The second-order valence-electron chi connectivity index (χ2n) is 6.69. The number of hydrogen-bond donors (Lipinski definition) is 1. The van der Waals surface area contributed by atoms with Crippen molar-refractivity contribution in [2.75, 3.05) is 26.3 Å². The number of hydrogen-bond acceptors (Lipinski definition) is 6. The average molecular weight is 392 g/mol. The van der Waals surface area contributed by atoms with Crippen LogP contribution in [0.2, 0.25) is 5.02 Å². The smallest absolute Gasteiger partial charge is 0.179 e. The number of likely N-dealkylation sites (tertiary alicyclic amines) is 1. The minimum atomic E-state index is -0.378. The Hall–Kier alpha value is -1.89. The molecule has 1 N–H and O–H groups in total. The first-order chi connectivity index (χ1) is 13.1. The first kappa shape index (κ1) is 19.9. The van der Waals surface area contributed by atoms with Gasteiger partial charge in [0.2, 0.25) is 0 Å². The van der Waals surface area contributed by atoms with E-state index in [4.69, 9.17) is 21.1 Å². The quantitative estimate of drug-likeness (QED) is 0.746. The molecule has 0 aliphatic carbocycles. The molecule has 1 aliphatic heterocycles. The minimum Gasteiger partial charge on any atom is -0.490 e. The highest BCUT2D eigenvalue weighted by Gasteiger charge is 2.31. The molecule has 1 aliphatic rings. The van der Waals surface area contributed by atoms with E-state index in [0.29, 0.717) is 42.8 Å². The van der Waals surface area contributed by atoms with Crippen LogP contribution in [0, 0.1) is 5.92 Å². The monoisotopic (exact) mass is 391 g/mol. The summed E-state index contributed by atoms with van der Waals surface area (Å²) in [6.07, 6.45) is 5.45. The van der Waals surface area contributed by atoms with Crippen LogP contribution in [0.1, 0.15) is 25.1 Å². The van der Waals surface area contributed by atoms with Gasteiger partial charge in [-0.3, -0.25) is 14.9 Å². The minimum absolute atomic E-state index is 0.145. The molecule has 2 atom stereocenters. The molecule has 2 heterocycles. The van der Waals surface area contributed by atoms with Gasteiger partial charge in [-0.15, -0.1) is 0 Å². The molecule has 7 heteroatoms. The lowest BCUT2D eigenvalue weighted by atomic mass is 10.0. The van der Waals surface area contributed by atoms with Gasteiger partial charge in [0.25, 0.3) is 0 Å². The van der Waals surface area contributed by atoms with Gasteiger partial charge >= 0.3 is 0 Å². The first-order valence-corrected chi connectivity index (χ1v) is 9.71. The molecule has 1 fully saturated rings. The highest BCUT2D eigenvalue weighted by molar-refractivity contribution is 6.32. The molecule has 0 radical (unpaired) electrons. The van der Waals surface area contributed by atoms with Crippen molar-refractivity contribution in [3.63, 3.8) is 0 Å². The molecule has 0 saturated carbocycles. The van der Waals surface area contributed by atoms with E-state index in [1.54, 1.807) is 18.6 Å². The summed E-state index contributed by atoms with van der Waals surface area (Å²) in [7, 11) is 0. The van der Waals surface area contributed by atoms with Crippen molar-refractivity contribution in [1.82, 2.24) is 14.9 Å². The molecule has 1 aromatic heterocycles. The molecule has 0 bridgehead atoms. The Morgan fingerprint density at radius 3 is 2.70 bits per heavy atom. The topological polar surface area (TPSA) is 67.7 Å². The fraction of sp³-hybridized carbons (Fsp3) is 0.500. The predicted molar refractivity (Wildman–Crippen MR) is 104 cm³/mol. The number of rotatable bonds is 8. The lowest BCUT2D eigenvalue weighted by Gasteiger charge is -2.18. The molecule has 0 amide bonds. The first-order valence-electron chi connectivity index (χ1n) is 9.34. The fourth-order valence-corrected chi connectivity index (χ4v) is 3.78. The molecule has 1 aromatic carbocycles. The van der Waals surface area contributed by atoms with Gasteiger partial charge in [-0.05, 0) is 38.0 Å². The normalized spacial score (nSPS) is 20.0. The Kier molecular flexibility index (Phi) is 6.88. The maximum Gasteiger partial charge on any atom is 0.179 e. The number of benzene rings is 1. The van der Waals surface area contributed by atoms with Crippen molar-refractivity contribution in [2.24, 2.45) is 5.92 Å². The van der Waals surface area contributed by atoms with Gasteiger partial charge in [0.1, 0.15) is 0 Å². The van der Waals surface area contributed by atoms with Crippen molar-refractivity contribution >= 4 is 11.6 Å². The summed E-state index contributed by atoms with van der Waals surface area (Å²) in [6.45, 7) is 7.05. The van der Waals surface area contributed by atoms with Crippen LogP contribution in [0.15, 0.2) is 30.7 Å². The maximum absolute atomic E-state index is 10.4. The molecule has 146 valence electrons. The van der Waals surface area contributed by atoms with Gasteiger partial charge in [0, 0.05) is 44.1 Å². The van der Waals surface area contributed by atoms with Gasteiger partial charge < -0.3 is 14.6 Å². The molecular formula is C20H26ClN3O3. The van der Waals surface area contributed by atoms with Crippen molar-refractivity contribution < 1.29 is 14.6 Å². The molecule has 27 heavy (non-hydrogen) atoms. The molecular weight excluding hydrogens is 366 g/mol. The van der Waals surface area contributed by atoms with Crippen LogP contribution < -0.4 is 9.47 Å². The van der Waals surface area contributed by atoms with E-state index in [2.05, 4.69) is 14.9 Å². The van der Waals surface area contributed by atoms with Crippen molar-refractivity contribution in [3.05, 3.63) is 47.0 Å². The van der Waals surface area contributed by atoms with Crippen molar-refractivity contribution in [2.45, 2.75) is 32.9 Å².